The van der Waals surface area contributed by atoms with Gasteiger partial charge in [-0.3, -0.25) is 4.79 Å². The fourth-order valence-electron chi connectivity index (χ4n) is 2.56. The molecular weight excluding hydrogens is 322 g/mol. The standard InChI is InChI=1S/C17H25N5O3/c1-2-24-15-10-13(11-20-21-17(18)19)6-7-14(15)25-12-16(23)22-8-4-3-5-9-22/h6-7,10-11H,2-5,8-9,12H2,1H3,(H4,18,19,21)/p+1/b20-11+. The highest BCUT2D eigenvalue weighted by molar-refractivity contribution is 5.79. The van der Waals surface area contributed by atoms with E-state index in [1.54, 1.807) is 18.3 Å². The molecule has 1 aromatic carbocycles. The first-order chi connectivity index (χ1) is 12.1. The van der Waals surface area contributed by atoms with E-state index in [0.29, 0.717) is 18.1 Å². The lowest BCUT2D eigenvalue weighted by Gasteiger charge is -2.26. The number of nitrogens with zero attached hydrogens (tertiary/aromatic N) is 2. The smallest absolute Gasteiger partial charge is 0.260 e. The first-order valence-electron chi connectivity index (χ1n) is 8.45. The highest BCUT2D eigenvalue weighted by Crippen LogP contribution is 2.28. The summed E-state index contributed by atoms with van der Waals surface area (Å²) >= 11 is 0. The zero-order chi connectivity index (χ0) is 18.1. The predicted molar refractivity (Wildman–Crippen MR) is 95.5 cm³/mol. The third-order valence-corrected chi connectivity index (χ3v) is 3.75. The van der Waals surface area contributed by atoms with Crippen molar-refractivity contribution in [3.8, 4) is 11.5 Å². The van der Waals surface area contributed by atoms with Crippen LogP contribution in [0.2, 0.25) is 0 Å². The quantitative estimate of drug-likeness (QED) is 0.338. The lowest BCUT2D eigenvalue weighted by atomic mass is 10.1. The number of hydrogen-bond acceptors (Lipinski definition) is 4. The Bertz CT molecular complexity index is 635. The molecule has 136 valence electrons. The number of guanidine groups is 1. The summed E-state index contributed by atoms with van der Waals surface area (Å²) in [6.07, 6.45) is 4.93. The van der Waals surface area contributed by atoms with Crippen LogP contribution in [-0.2, 0) is 4.79 Å². The molecule has 2 rings (SSSR count). The van der Waals surface area contributed by atoms with Gasteiger partial charge >= 0.3 is 0 Å². The Morgan fingerprint density at radius 2 is 2.00 bits per heavy atom. The Kier molecular flexibility index (Phi) is 7.06. The lowest BCUT2D eigenvalue weighted by molar-refractivity contribution is -0.456. The predicted octanol–water partition coefficient (Wildman–Crippen LogP) is -0.835. The van der Waals surface area contributed by atoms with Gasteiger partial charge in [0, 0.05) is 23.8 Å². The maximum absolute atomic E-state index is 12.2. The molecule has 0 unspecified atom stereocenters. The van der Waals surface area contributed by atoms with Gasteiger partial charge in [-0.1, -0.05) is 0 Å². The molecule has 8 nitrogen and oxygen atoms in total. The fraction of sp³-hybridized carbons (Fsp3) is 0.471. The van der Waals surface area contributed by atoms with Gasteiger partial charge in [0.1, 0.15) is 0 Å². The fourth-order valence-corrected chi connectivity index (χ4v) is 2.56. The zero-order valence-electron chi connectivity index (χ0n) is 14.5. The SMILES string of the molecule is CCOc1cc(/C=[NH+]/N=C(N)N)ccc1OCC(=O)N1CCCCC1. The molecule has 1 heterocycles. The summed E-state index contributed by atoms with van der Waals surface area (Å²) in [5.74, 6) is 1.05. The van der Waals surface area contributed by atoms with Gasteiger partial charge in [-0.15, -0.1) is 5.10 Å². The average molecular weight is 348 g/mol. The Hall–Kier alpha value is -2.77. The van der Waals surface area contributed by atoms with Gasteiger partial charge in [0.25, 0.3) is 11.9 Å². The van der Waals surface area contributed by atoms with Gasteiger partial charge in [-0.2, -0.15) is 0 Å². The number of likely N-dealkylation sites (tertiary alicyclic amines) is 1. The van der Waals surface area contributed by atoms with Crippen molar-refractivity contribution < 1.29 is 19.4 Å². The Morgan fingerprint density at radius 1 is 1.24 bits per heavy atom. The van der Waals surface area contributed by atoms with E-state index in [1.165, 1.54) is 6.42 Å². The van der Waals surface area contributed by atoms with Crippen LogP contribution in [0.4, 0.5) is 0 Å². The van der Waals surface area contributed by atoms with E-state index in [9.17, 15) is 4.79 Å². The molecule has 0 atom stereocenters. The number of nitrogens with one attached hydrogen (secondary N) is 1. The van der Waals surface area contributed by atoms with Crippen molar-refractivity contribution in [1.82, 2.24) is 4.90 Å². The Morgan fingerprint density at radius 3 is 2.68 bits per heavy atom. The second kappa shape index (κ2) is 9.51. The molecule has 0 spiro atoms. The molecular formula is C17H26N5O3+. The van der Waals surface area contributed by atoms with E-state index in [-0.39, 0.29) is 18.5 Å². The van der Waals surface area contributed by atoms with Crippen molar-refractivity contribution in [3.05, 3.63) is 23.8 Å². The van der Waals surface area contributed by atoms with E-state index in [4.69, 9.17) is 20.9 Å². The highest BCUT2D eigenvalue weighted by atomic mass is 16.5. The van der Waals surface area contributed by atoms with Gasteiger partial charge in [0.05, 0.1) is 6.61 Å². The number of carbonyl (C=O) groups excluding carboxylic acids is 1. The number of amides is 1. The van der Waals surface area contributed by atoms with E-state index in [2.05, 4.69) is 10.2 Å². The Labute approximate surface area is 147 Å². The Balaban J connectivity index is 2.02. The van der Waals surface area contributed by atoms with Gasteiger partial charge in [-0.25, -0.2) is 0 Å². The molecule has 1 aliphatic rings. The molecule has 25 heavy (non-hydrogen) atoms. The minimum atomic E-state index is -0.0579. The number of rotatable bonds is 7. The van der Waals surface area contributed by atoms with Gasteiger partial charge in [0.15, 0.2) is 18.1 Å². The normalized spacial score (nSPS) is 14.4. The maximum Gasteiger partial charge on any atom is 0.260 e. The number of carbonyl (C=O) groups is 1. The number of piperidine rings is 1. The number of hydrazone groups is 1. The second-order valence-electron chi connectivity index (χ2n) is 5.68. The van der Waals surface area contributed by atoms with Crippen molar-refractivity contribution in [1.29, 1.82) is 0 Å². The molecule has 1 amide bonds. The van der Waals surface area contributed by atoms with Crippen LogP contribution in [0.25, 0.3) is 0 Å². The van der Waals surface area contributed by atoms with Crippen molar-refractivity contribution >= 4 is 18.1 Å². The molecule has 1 aromatic rings. The summed E-state index contributed by atoms with van der Waals surface area (Å²) in [6, 6.07) is 5.37. The molecule has 0 aromatic heterocycles. The molecule has 1 saturated heterocycles. The number of ether oxygens (including phenoxy) is 2. The molecule has 0 bridgehead atoms. The average Bonchev–Trinajstić information content (AvgIpc) is 2.61. The molecule has 1 aliphatic heterocycles. The largest absolute Gasteiger partial charge is 0.490 e. The third-order valence-electron chi connectivity index (χ3n) is 3.75. The number of hydrogen-bond donors (Lipinski definition) is 3. The zero-order valence-corrected chi connectivity index (χ0v) is 14.5. The van der Waals surface area contributed by atoms with Gasteiger partial charge < -0.3 is 25.8 Å². The maximum atomic E-state index is 12.2. The summed E-state index contributed by atoms with van der Waals surface area (Å²) in [7, 11) is 0. The number of nitrogens with two attached hydrogens (primary N) is 2. The van der Waals surface area contributed by atoms with Crippen LogP contribution in [0.5, 0.6) is 11.5 Å². The summed E-state index contributed by atoms with van der Waals surface area (Å²) in [6.45, 7) is 4.00. The molecule has 0 saturated carbocycles. The van der Waals surface area contributed by atoms with Crippen molar-refractivity contribution in [2.24, 2.45) is 16.6 Å². The summed E-state index contributed by atoms with van der Waals surface area (Å²) < 4.78 is 11.3. The van der Waals surface area contributed by atoms with E-state index < -0.39 is 0 Å². The first kappa shape index (κ1) is 18.6. The second-order valence-corrected chi connectivity index (χ2v) is 5.68. The third kappa shape index (κ3) is 5.98. The minimum absolute atomic E-state index is 0.00668. The van der Waals surface area contributed by atoms with Gasteiger partial charge in [-0.05, 0) is 44.4 Å². The molecule has 0 radical (unpaired) electrons. The molecule has 5 N–H and O–H groups in total. The number of benzene rings is 1. The van der Waals surface area contributed by atoms with Crippen molar-refractivity contribution in [3.63, 3.8) is 0 Å². The molecule has 1 fully saturated rings. The summed E-state index contributed by atoms with van der Waals surface area (Å²) in [5, 5.41) is 6.31. The lowest BCUT2D eigenvalue weighted by Crippen LogP contribution is -2.63. The topological polar surface area (TPSA) is 117 Å². The minimum Gasteiger partial charge on any atom is -0.490 e. The molecule has 0 aliphatic carbocycles. The van der Waals surface area contributed by atoms with Gasteiger partial charge in [0.2, 0.25) is 6.21 Å². The van der Waals surface area contributed by atoms with Crippen molar-refractivity contribution in [2.45, 2.75) is 26.2 Å². The van der Waals surface area contributed by atoms with E-state index in [1.807, 2.05) is 17.9 Å². The van der Waals surface area contributed by atoms with Crippen LogP contribution >= 0.6 is 0 Å². The van der Waals surface area contributed by atoms with Crippen molar-refractivity contribution in [2.75, 3.05) is 26.3 Å². The van der Waals surface area contributed by atoms with E-state index in [0.717, 1.165) is 31.5 Å². The van der Waals surface area contributed by atoms with Crippen LogP contribution in [-0.4, -0.2) is 49.3 Å². The summed E-state index contributed by atoms with van der Waals surface area (Å²) in [5.41, 5.74) is 11.3. The van der Waals surface area contributed by atoms with Crippen LogP contribution in [0, 0.1) is 0 Å². The van der Waals surface area contributed by atoms with Crippen LogP contribution < -0.4 is 26.0 Å². The summed E-state index contributed by atoms with van der Waals surface area (Å²) in [4.78, 5) is 14.1. The van der Waals surface area contributed by atoms with Crippen LogP contribution in [0.1, 0.15) is 31.7 Å². The van der Waals surface area contributed by atoms with Crippen LogP contribution in [0.15, 0.2) is 23.3 Å². The first-order valence-corrected chi connectivity index (χ1v) is 8.45. The van der Waals surface area contributed by atoms with E-state index >= 15 is 0 Å². The highest BCUT2D eigenvalue weighted by Gasteiger charge is 2.17. The monoisotopic (exact) mass is 348 g/mol. The molecule has 8 heteroatoms. The van der Waals surface area contributed by atoms with Crippen LogP contribution in [0.3, 0.4) is 0 Å².